The molecular weight excluding hydrogens is 212 g/mol. The van der Waals surface area contributed by atoms with Gasteiger partial charge in [-0.15, -0.1) is 0 Å². The van der Waals surface area contributed by atoms with Crippen molar-refractivity contribution in [3.63, 3.8) is 0 Å². The summed E-state index contributed by atoms with van der Waals surface area (Å²) in [7, 11) is 0. The number of hydrogen-bond acceptors (Lipinski definition) is 3. The molecule has 0 saturated heterocycles. The first-order valence-electron chi connectivity index (χ1n) is 6.90. The van der Waals surface area contributed by atoms with Crippen LogP contribution in [0, 0.1) is 0 Å². The van der Waals surface area contributed by atoms with E-state index >= 15 is 0 Å². The zero-order valence-corrected chi connectivity index (χ0v) is 11.1. The van der Waals surface area contributed by atoms with Crippen molar-refractivity contribution in [1.82, 2.24) is 10.3 Å². The minimum absolute atomic E-state index is 0.220. The first-order chi connectivity index (χ1) is 8.26. The third-order valence-corrected chi connectivity index (χ3v) is 3.87. The van der Waals surface area contributed by atoms with Gasteiger partial charge in [0.15, 0.2) is 6.39 Å². The van der Waals surface area contributed by atoms with Gasteiger partial charge in [0.05, 0.1) is 5.69 Å². The van der Waals surface area contributed by atoms with Crippen LogP contribution in [0.3, 0.4) is 0 Å². The molecule has 1 aliphatic rings. The van der Waals surface area contributed by atoms with Crippen LogP contribution in [0.2, 0.25) is 0 Å². The van der Waals surface area contributed by atoms with Crippen LogP contribution in [0.15, 0.2) is 10.8 Å². The minimum atomic E-state index is 0.220. The molecule has 1 aromatic rings. The highest BCUT2D eigenvalue weighted by Gasteiger charge is 2.34. The number of nitrogens with zero attached hydrogens (tertiary/aromatic N) is 1. The molecule has 1 saturated carbocycles. The Kier molecular flexibility index (Phi) is 4.21. The molecule has 0 amide bonds. The largest absolute Gasteiger partial charge is 0.448 e. The zero-order valence-electron chi connectivity index (χ0n) is 11.1. The highest BCUT2D eigenvalue weighted by Crippen LogP contribution is 2.40. The summed E-state index contributed by atoms with van der Waals surface area (Å²) in [5, 5.41) is 3.41. The lowest BCUT2D eigenvalue weighted by Gasteiger charge is -2.32. The summed E-state index contributed by atoms with van der Waals surface area (Å²) in [5.41, 5.74) is 1.33. The van der Waals surface area contributed by atoms with Gasteiger partial charge in [0.25, 0.3) is 0 Å². The van der Waals surface area contributed by atoms with Crippen molar-refractivity contribution in [3.05, 3.63) is 17.8 Å². The van der Waals surface area contributed by atoms with E-state index in [4.69, 9.17) is 4.42 Å². The summed E-state index contributed by atoms with van der Waals surface area (Å²) in [5.74, 6) is 1.13. The summed E-state index contributed by atoms with van der Waals surface area (Å²) in [6.07, 6.45) is 9.25. The van der Waals surface area contributed by atoms with E-state index in [9.17, 15) is 0 Å². The second kappa shape index (κ2) is 5.67. The van der Waals surface area contributed by atoms with Crippen LogP contribution >= 0.6 is 0 Å². The molecule has 0 aromatic carbocycles. The van der Waals surface area contributed by atoms with E-state index in [1.807, 2.05) is 0 Å². The highest BCUT2D eigenvalue weighted by molar-refractivity contribution is 5.19. The second-order valence-corrected chi connectivity index (χ2v) is 5.43. The molecule has 0 atom stereocenters. The fourth-order valence-corrected chi connectivity index (χ4v) is 2.83. The molecule has 3 heteroatoms. The van der Waals surface area contributed by atoms with Crippen molar-refractivity contribution in [2.24, 2.45) is 0 Å². The molecule has 2 rings (SSSR count). The summed E-state index contributed by atoms with van der Waals surface area (Å²) in [4.78, 5) is 4.38. The lowest BCUT2D eigenvalue weighted by Crippen LogP contribution is -2.27. The third kappa shape index (κ3) is 2.89. The molecule has 0 spiro atoms. The van der Waals surface area contributed by atoms with Gasteiger partial charge in [-0.3, -0.25) is 0 Å². The number of nitrogens with one attached hydrogen (secondary N) is 1. The topological polar surface area (TPSA) is 38.1 Å². The summed E-state index contributed by atoms with van der Waals surface area (Å²) >= 11 is 0. The Morgan fingerprint density at radius 1 is 1.35 bits per heavy atom. The van der Waals surface area contributed by atoms with E-state index in [-0.39, 0.29) is 5.41 Å². The van der Waals surface area contributed by atoms with Gasteiger partial charge in [-0.2, -0.15) is 0 Å². The molecule has 1 heterocycles. The monoisotopic (exact) mass is 236 g/mol. The maximum atomic E-state index is 5.69. The Morgan fingerprint density at radius 2 is 2.12 bits per heavy atom. The van der Waals surface area contributed by atoms with Crippen LogP contribution in [0.4, 0.5) is 0 Å². The maximum absolute atomic E-state index is 5.69. The van der Waals surface area contributed by atoms with Gasteiger partial charge in [-0.25, -0.2) is 4.98 Å². The van der Waals surface area contributed by atoms with Crippen molar-refractivity contribution in [3.8, 4) is 0 Å². The molecule has 0 radical (unpaired) electrons. The quantitative estimate of drug-likeness (QED) is 0.796. The molecule has 0 bridgehead atoms. The summed E-state index contributed by atoms with van der Waals surface area (Å²) in [6.45, 7) is 6.40. The molecule has 96 valence electrons. The minimum Gasteiger partial charge on any atom is -0.448 e. The predicted octanol–water partition coefficient (Wildman–Crippen LogP) is 3.40. The normalized spacial score (nSPS) is 19.4. The Hall–Kier alpha value is -0.830. The lowest BCUT2D eigenvalue weighted by molar-refractivity contribution is 0.264. The van der Waals surface area contributed by atoms with Gasteiger partial charge in [0.1, 0.15) is 5.76 Å². The average molecular weight is 236 g/mol. The van der Waals surface area contributed by atoms with Crippen molar-refractivity contribution in [2.45, 2.75) is 64.3 Å². The lowest BCUT2D eigenvalue weighted by atomic mass is 9.73. The van der Waals surface area contributed by atoms with Crippen LogP contribution < -0.4 is 5.32 Å². The van der Waals surface area contributed by atoms with Crippen molar-refractivity contribution >= 4 is 0 Å². The van der Waals surface area contributed by atoms with Gasteiger partial charge in [0, 0.05) is 12.0 Å². The standard InChI is InChI=1S/C14H24N2O/c1-3-9-15-10-12-13(17-11-16-12)14(2)7-5-4-6-8-14/h11,15H,3-10H2,1-2H3. The van der Waals surface area contributed by atoms with Crippen LogP contribution in [0.25, 0.3) is 0 Å². The average Bonchev–Trinajstić information content (AvgIpc) is 2.79. The predicted molar refractivity (Wildman–Crippen MR) is 68.9 cm³/mol. The Labute approximate surface area is 104 Å². The van der Waals surface area contributed by atoms with Gasteiger partial charge in [-0.05, 0) is 25.8 Å². The maximum Gasteiger partial charge on any atom is 0.181 e. The third-order valence-electron chi connectivity index (χ3n) is 3.87. The van der Waals surface area contributed by atoms with Gasteiger partial charge >= 0.3 is 0 Å². The summed E-state index contributed by atoms with van der Waals surface area (Å²) < 4.78 is 5.69. The molecule has 0 unspecified atom stereocenters. The van der Waals surface area contributed by atoms with Gasteiger partial charge in [0.2, 0.25) is 0 Å². The van der Waals surface area contributed by atoms with E-state index < -0.39 is 0 Å². The summed E-state index contributed by atoms with van der Waals surface area (Å²) in [6, 6.07) is 0. The first-order valence-corrected chi connectivity index (χ1v) is 6.90. The Balaban J connectivity index is 2.06. The van der Waals surface area contributed by atoms with Gasteiger partial charge < -0.3 is 9.73 Å². The molecule has 1 aliphatic carbocycles. The SMILES string of the molecule is CCCNCc1ncoc1C1(C)CCCCC1. The molecule has 17 heavy (non-hydrogen) atoms. The number of hydrogen-bond donors (Lipinski definition) is 1. The first kappa shape index (κ1) is 12.6. The molecule has 1 fully saturated rings. The van der Waals surface area contributed by atoms with Crippen LogP contribution in [-0.4, -0.2) is 11.5 Å². The van der Waals surface area contributed by atoms with E-state index in [1.54, 1.807) is 6.39 Å². The van der Waals surface area contributed by atoms with E-state index in [0.29, 0.717) is 0 Å². The Bertz CT molecular complexity index is 340. The number of rotatable bonds is 5. The number of aromatic nitrogens is 1. The van der Waals surface area contributed by atoms with E-state index in [2.05, 4.69) is 24.1 Å². The molecule has 1 aromatic heterocycles. The molecule has 1 N–H and O–H groups in total. The smallest absolute Gasteiger partial charge is 0.181 e. The zero-order chi connectivity index (χ0) is 12.1. The Morgan fingerprint density at radius 3 is 2.82 bits per heavy atom. The molecule has 0 aliphatic heterocycles. The van der Waals surface area contributed by atoms with Crippen LogP contribution in [0.1, 0.15) is 63.8 Å². The van der Waals surface area contributed by atoms with E-state index in [0.717, 1.165) is 31.0 Å². The fraction of sp³-hybridized carbons (Fsp3) is 0.786. The van der Waals surface area contributed by atoms with Crippen molar-refractivity contribution in [1.29, 1.82) is 0 Å². The van der Waals surface area contributed by atoms with Crippen LogP contribution in [-0.2, 0) is 12.0 Å². The van der Waals surface area contributed by atoms with Crippen molar-refractivity contribution in [2.75, 3.05) is 6.54 Å². The second-order valence-electron chi connectivity index (χ2n) is 5.43. The van der Waals surface area contributed by atoms with Crippen molar-refractivity contribution < 1.29 is 4.42 Å². The highest BCUT2D eigenvalue weighted by atomic mass is 16.3. The number of oxazole rings is 1. The molecule has 3 nitrogen and oxygen atoms in total. The fourth-order valence-electron chi connectivity index (χ4n) is 2.83. The molecular formula is C14H24N2O. The van der Waals surface area contributed by atoms with Gasteiger partial charge in [-0.1, -0.05) is 33.1 Å². The van der Waals surface area contributed by atoms with Crippen LogP contribution in [0.5, 0.6) is 0 Å². The van der Waals surface area contributed by atoms with E-state index in [1.165, 1.54) is 32.1 Å².